The van der Waals surface area contributed by atoms with E-state index in [1.54, 1.807) is 13.1 Å². The zero-order valence-corrected chi connectivity index (χ0v) is 14.7. The first-order valence-electron chi connectivity index (χ1n) is 8.29. The monoisotopic (exact) mass is 334 g/mol. The maximum atomic E-state index is 12.3. The van der Waals surface area contributed by atoms with E-state index in [-0.39, 0.29) is 17.5 Å². The summed E-state index contributed by atoms with van der Waals surface area (Å²) in [6, 6.07) is 5.31. The van der Waals surface area contributed by atoms with Gasteiger partial charge in [0.25, 0.3) is 0 Å². The van der Waals surface area contributed by atoms with E-state index in [1.807, 2.05) is 24.3 Å². The summed E-state index contributed by atoms with van der Waals surface area (Å²) >= 11 is 0. The predicted molar refractivity (Wildman–Crippen MR) is 101 cm³/mol. The van der Waals surface area contributed by atoms with Crippen LogP contribution in [0.15, 0.2) is 59.6 Å². The van der Waals surface area contributed by atoms with E-state index in [0.29, 0.717) is 16.8 Å². The molecule has 128 valence electrons. The van der Waals surface area contributed by atoms with Crippen LogP contribution in [-0.4, -0.2) is 15.1 Å². The summed E-state index contributed by atoms with van der Waals surface area (Å²) < 4.78 is 0. The molecule has 0 unspecified atom stereocenters. The number of rotatable bonds is 3. The van der Waals surface area contributed by atoms with Gasteiger partial charge in [0.1, 0.15) is 0 Å². The highest BCUT2D eigenvalue weighted by Gasteiger charge is 2.13. The molecule has 0 saturated carbocycles. The fourth-order valence-corrected chi connectivity index (χ4v) is 2.89. The summed E-state index contributed by atoms with van der Waals surface area (Å²) in [4.78, 5) is 19.9. The molecule has 0 amide bonds. The van der Waals surface area contributed by atoms with Crippen molar-refractivity contribution in [1.82, 2.24) is 9.97 Å². The van der Waals surface area contributed by atoms with Crippen molar-refractivity contribution in [2.75, 3.05) is 0 Å². The molecule has 1 aliphatic carbocycles. The number of hydrogen-bond acceptors (Lipinski definition) is 3. The van der Waals surface area contributed by atoms with Crippen molar-refractivity contribution in [3.05, 3.63) is 82.1 Å². The molecule has 0 aliphatic heterocycles. The molecule has 4 heteroatoms. The molecule has 0 aromatic carbocycles. The van der Waals surface area contributed by atoms with Crippen LogP contribution in [0.1, 0.15) is 30.9 Å². The number of aromatic nitrogens is 2. The Morgan fingerprint density at radius 3 is 2.72 bits per heavy atom. The second-order valence-corrected chi connectivity index (χ2v) is 6.90. The molecule has 0 saturated heterocycles. The maximum absolute atomic E-state index is 12.3. The molecule has 2 aromatic rings. The Morgan fingerprint density at radius 1 is 1.24 bits per heavy atom. The van der Waals surface area contributed by atoms with E-state index >= 15 is 0 Å². The molecule has 0 atom stereocenters. The van der Waals surface area contributed by atoms with Gasteiger partial charge in [-0.05, 0) is 18.6 Å². The summed E-state index contributed by atoms with van der Waals surface area (Å²) in [5.41, 5.74) is 4.17. The fraction of sp³-hybridized carbons (Fsp3) is 0.238. The number of aliphatic hydroxyl groups excluding tert-OH is 1. The molecule has 1 aliphatic rings. The Morgan fingerprint density at radius 2 is 2.04 bits per heavy atom. The first-order chi connectivity index (χ1) is 11.9. The Hall–Kier alpha value is -2.72. The number of aromatic amines is 1. The van der Waals surface area contributed by atoms with Gasteiger partial charge in [0.2, 0.25) is 0 Å². The topological polar surface area (TPSA) is 66.0 Å². The Balaban J connectivity index is 1.99. The van der Waals surface area contributed by atoms with Gasteiger partial charge in [0, 0.05) is 28.9 Å². The minimum absolute atomic E-state index is 0.0173. The van der Waals surface area contributed by atoms with Crippen molar-refractivity contribution in [3.8, 4) is 11.1 Å². The van der Waals surface area contributed by atoms with E-state index in [1.165, 1.54) is 6.07 Å². The molecule has 0 radical (unpaired) electrons. The molecule has 4 nitrogen and oxygen atoms in total. The molecule has 2 aromatic heterocycles. The summed E-state index contributed by atoms with van der Waals surface area (Å²) in [5.74, 6) is 0. The highest BCUT2D eigenvalue weighted by Crippen LogP contribution is 2.27. The normalized spacial score (nSPS) is 15.8. The third-order valence-electron chi connectivity index (χ3n) is 4.24. The minimum Gasteiger partial charge on any atom is -0.390 e. The standard InChI is InChI=1S/C21H22N2O2/c1-14-11-19(25)20(18(13-24)23-14)16-6-7-17(22-12-16)15-5-4-9-21(2,3)10-8-15/h4-12,24H,13H2,1-3H3,(H,23,25). The smallest absolute Gasteiger partial charge is 0.190 e. The number of hydrogen-bond donors (Lipinski definition) is 2. The van der Waals surface area contributed by atoms with Gasteiger partial charge < -0.3 is 10.1 Å². The Kier molecular flexibility index (Phi) is 4.55. The molecule has 0 bridgehead atoms. The average molecular weight is 334 g/mol. The van der Waals surface area contributed by atoms with Crippen LogP contribution in [0.4, 0.5) is 0 Å². The highest BCUT2D eigenvalue weighted by molar-refractivity contribution is 5.75. The van der Waals surface area contributed by atoms with Gasteiger partial charge in [-0.3, -0.25) is 9.78 Å². The zero-order chi connectivity index (χ0) is 18.0. The number of nitrogens with zero attached hydrogens (tertiary/aromatic N) is 1. The third kappa shape index (κ3) is 3.69. The number of H-pyrrole nitrogens is 1. The number of pyridine rings is 2. The first-order valence-corrected chi connectivity index (χ1v) is 8.29. The Labute approximate surface area is 147 Å². The SMILES string of the molecule is Cc1cc(=O)c(-c2ccc(C3=CC=CC(C)(C)C=C3)nc2)c(CO)[nH]1. The zero-order valence-electron chi connectivity index (χ0n) is 14.7. The van der Waals surface area contributed by atoms with Crippen molar-refractivity contribution in [1.29, 1.82) is 0 Å². The van der Waals surface area contributed by atoms with E-state index in [4.69, 9.17) is 0 Å². The van der Waals surface area contributed by atoms with Crippen LogP contribution in [0.5, 0.6) is 0 Å². The van der Waals surface area contributed by atoms with Crippen molar-refractivity contribution in [3.63, 3.8) is 0 Å². The van der Waals surface area contributed by atoms with Gasteiger partial charge in [0.15, 0.2) is 5.43 Å². The third-order valence-corrected chi connectivity index (χ3v) is 4.24. The van der Waals surface area contributed by atoms with Crippen LogP contribution in [0, 0.1) is 12.3 Å². The lowest BCUT2D eigenvalue weighted by atomic mass is 9.93. The number of allylic oxidation sites excluding steroid dienone is 6. The van der Waals surface area contributed by atoms with Gasteiger partial charge in [0.05, 0.1) is 23.6 Å². The van der Waals surface area contributed by atoms with Crippen molar-refractivity contribution in [2.45, 2.75) is 27.4 Å². The predicted octanol–water partition coefficient (Wildman–Crippen LogP) is 3.77. The van der Waals surface area contributed by atoms with Crippen LogP contribution in [0.25, 0.3) is 16.7 Å². The van der Waals surface area contributed by atoms with Gasteiger partial charge in [-0.25, -0.2) is 0 Å². The van der Waals surface area contributed by atoms with E-state index in [9.17, 15) is 9.90 Å². The lowest BCUT2D eigenvalue weighted by Gasteiger charge is -2.12. The molecular weight excluding hydrogens is 312 g/mol. The summed E-state index contributed by atoms with van der Waals surface area (Å²) in [6.07, 6.45) is 12.1. The second kappa shape index (κ2) is 6.65. The first kappa shape index (κ1) is 17.1. The molecule has 0 spiro atoms. The molecule has 2 N–H and O–H groups in total. The average Bonchev–Trinajstić information content (AvgIpc) is 2.75. The summed E-state index contributed by atoms with van der Waals surface area (Å²) in [5, 5.41) is 9.55. The Bertz CT molecular complexity index is 929. The van der Waals surface area contributed by atoms with Crippen molar-refractivity contribution < 1.29 is 5.11 Å². The molecule has 25 heavy (non-hydrogen) atoms. The van der Waals surface area contributed by atoms with Crippen LogP contribution >= 0.6 is 0 Å². The van der Waals surface area contributed by atoms with E-state index in [0.717, 1.165) is 17.0 Å². The molecule has 0 fully saturated rings. The lowest BCUT2D eigenvalue weighted by Crippen LogP contribution is -2.11. The second-order valence-electron chi connectivity index (χ2n) is 6.90. The number of aryl methyl sites for hydroxylation is 1. The van der Waals surface area contributed by atoms with Crippen LogP contribution in [-0.2, 0) is 6.61 Å². The summed E-state index contributed by atoms with van der Waals surface area (Å²) in [7, 11) is 0. The van der Waals surface area contributed by atoms with Crippen LogP contribution in [0.2, 0.25) is 0 Å². The minimum atomic E-state index is -0.220. The van der Waals surface area contributed by atoms with Gasteiger partial charge in [-0.2, -0.15) is 0 Å². The van der Waals surface area contributed by atoms with Crippen molar-refractivity contribution >= 4 is 5.57 Å². The molecule has 3 rings (SSSR count). The van der Waals surface area contributed by atoms with Gasteiger partial charge in [-0.1, -0.05) is 50.3 Å². The van der Waals surface area contributed by atoms with E-state index in [2.05, 4.69) is 42.0 Å². The number of nitrogens with one attached hydrogen (secondary N) is 1. The molecule has 2 heterocycles. The van der Waals surface area contributed by atoms with Crippen LogP contribution in [0.3, 0.4) is 0 Å². The van der Waals surface area contributed by atoms with Gasteiger partial charge in [-0.15, -0.1) is 0 Å². The number of aliphatic hydroxyl groups is 1. The van der Waals surface area contributed by atoms with Crippen molar-refractivity contribution in [2.24, 2.45) is 5.41 Å². The van der Waals surface area contributed by atoms with Crippen LogP contribution < -0.4 is 5.43 Å². The van der Waals surface area contributed by atoms with Gasteiger partial charge >= 0.3 is 0 Å². The van der Waals surface area contributed by atoms with E-state index < -0.39 is 0 Å². The lowest BCUT2D eigenvalue weighted by molar-refractivity contribution is 0.277. The highest BCUT2D eigenvalue weighted by atomic mass is 16.3. The summed E-state index contributed by atoms with van der Waals surface area (Å²) in [6.45, 7) is 5.87. The quantitative estimate of drug-likeness (QED) is 0.898. The maximum Gasteiger partial charge on any atom is 0.190 e. The molecular formula is C21H22N2O2. The fourth-order valence-electron chi connectivity index (χ4n) is 2.89. The largest absolute Gasteiger partial charge is 0.390 e.